The molecule has 2 aromatic carbocycles. The van der Waals surface area contributed by atoms with E-state index >= 15 is 0 Å². The van der Waals surface area contributed by atoms with Gasteiger partial charge in [-0.1, -0.05) is 35.9 Å². The van der Waals surface area contributed by atoms with E-state index in [1.807, 2.05) is 49.4 Å². The number of aliphatic hydroxyl groups is 1. The third-order valence-electron chi connectivity index (χ3n) is 3.59. The van der Waals surface area contributed by atoms with Gasteiger partial charge in [-0.3, -0.25) is 4.48 Å². The summed E-state index contributed by atoms with van der Waals surface area (Å²) in [6, 6.07) is 18.1. The zero-order valence-corrected chi connectivity index (χ0v) is 13.0. The van der Waals surface area contributed by atoms with Crippen molar-refractivity contribution in [3.63, 3.8) is 0 Å². The van der Waals surface area contributed by atoms with Gasteiger partial charge >= 0.3 is 0 Å². The molecule has 1 unspecified atom stereocenters. The van der Waals surface area contributed by atoms with Crippen molar-refractivity contribution in [1.82, 2.24) is 4.48 Å². The summed E-state index contributed by atoms with van der Waals surface area (Å²) in [5, 5.41) is 10.2. The first-order valence-electron chi connectivity index (χ1n) is 7.23. The summed E-state index contributed by atoms with van der Waals surface area (Å²) in [4.78, 5) is 0. The van der Waals surface area contributed by atoms with Gasteiger partial charge in [0.2, 0.25) is 0 Å². The van der Waals surface area contributed by atoms with E-state index in [0.29, 0.717) is 17.6 Å². The molecule has 1 atom stereocenters. The van der Waals surface area contributed by atoms with Gasteiger partial charge in [-0.25, -0.2) is 0 Å². The molecule has 0 aliphatic carbocycles. The van der Waals surface area contributed by atoms with Crippen LogP contribution in [0.4, 0.5) is 5.69 Å². The highest BCUT2D eigenvalue weighted by atomic mass is 16.5. The monoisotopic (exact) mass is 286 g/mol. The molecule has 0 aliphatic rings. The number of ether oxygens (including phenoxy) is 1. The predicted octanol–water partition coefficient (Wildman–Crippen LogP) is 3.00. The molecule has 0 bridgehead atoms. The molecule has 112 valence electrons. The molecule has 0 amide bonds. The van der Waals surface area contributed by atoms with Gasteiger partial charge in [0.15, 0.2) is 0 Å². The van der Waals surface area contributed by atoms with Crippen molar-refractivity contribution >= 4 is 5.69 Å². The van der Waals surface area contributed by atoms with Crippen LogP contribution < -0.4 is 9.22 Å². The van der Waals surface area contributed by atoms with Crippen molar-refractivity contribution < 1.29 is 9.84 Å². The van der Waals surface area contributed by atoms with Crippen molar-refractivity contribution in [1.29, 1.82) is 0 Å². The van der Waals surface area contributed by atoms with Gasteiger partial charge in [-0.05, 0) is 31.2 Å². The Bertz CT molecular complexity index is 549. The van der Waals surface area contributed by atoms with Crippen LogP contribution in [0.1, 0.15) is 5.56 Å². The molecule has 21 heavy (non-hydrogen) atoms. The number of aryl methyl sites for hydroxylation is 1. The third-order valence-corrected chi connectivity index (χ3v) is 3.59. The van der Waals surface area contributed by atoms with E-state index < -0.39 is 6.10 Å². The Morgan fingerprint density at radius 2 is 1.62 bits per heavy atom. The SMILES string of the molecule is Cc1ccc(OCC(O)C[N+](C)(C)c2ccccc2)cc1. The molecule has 0 saturated heterocycles. The minimum Gasteiger partial charge on any atom is -0.491 e. The van der Waals surface area contributed by atoms with Gasteiger partial charge in [0.05, 0.1) is 14.1 Å². The fraction of sp³-hybridized carbons (Fsp3) is 0.333. The van der Waals surface area contributed by atoms with Crippen molar-refractivity contribution in [3.8, 4) is 5.75 Å². The standard InChI is InChI=1S/C18H24NO2/c1-15-9-11-18(12-10-15)21-14-17(20)13-19(2,3)16-7-5-4-6-8-16/h4-12,17,20H,13-14H2,1-3H3/q+1. The van der Waals surface area contributed by atoms with Crippen LogP contribution in [0.15, 0.2) is 54.6 Å². The lowest BCUT2D eigenvalue weighted by atomic mass is 10.2. The first kappa shape index (κ1) is 15.5. The smallest absolute Gasteiger partial charge is 0.137 e. The normalized spacial score (nSPS) is 13.0. The highest BCUT2D eigenvalue weighted by Gasteiger charge is 2.23. The Morgan fingerprint density at radius 3 is 2.24 bits per heavy atom. The number of nitrogens with zero attached hydrogens (tertiary/aromatic N) is 1. The number of hydrogen-bond donors (Lipinski definition) is 1. The Kier molecular flexibility index (Phi) is 4.99. The molecule has 0 aliphatic heterocycles. The van der Waals surface area contributed by atoms with E-state index in [1.54, 1.807) is 0 Å². The van der Waals surface area contributed by atoms with Crippen molar-refractivity contribution in [3.05, 3.63) is 60.2 Å². The van der Waals surface area contributed by atoms with E-state index in [4.69, 9.17) is 4.74 Å². The van der Waals surface area contributed by atoms with Gasteiger partial charge in [-0.15, -0.1) is 0 Å². The molecule has 0 fully saturated rings. The van der Waals surface area contributed by atoms with Crippen molar-refractivity contribution in [2.75, 3.05) is 27.2 Å². The minimum atomic E-state index is -0.512. The molecule has 3 heteroatoms. The number of aliphatic hydroxyl groups excluding tert-OH is 1. The summed E-state index contributed by atoms with van der Waals surface area (Å²) in [5.74, 6) is 0.796. The molecule has 0 heterocycles. The molecule has 2 rings (SSSR count). The first-order chi connectivity index (χ1) is 9.97. The molecule has 0 radical (unpaired) electrons. The number of hydrogen-bond acceptors (Lipinski definition) is 2. The lowest BCUT2D eigenvalue weighted by Crippen LogP contribution is -2.47. The fourth-order valence-electron chi connectivity index (χ4n) is 2.34. The number of likely N-dealkylation sites (N-methyl/N-ethyl adjacent to an activating group) is 1. The average Bonchev–Trinajstić information content (AvgIpc) is 2.47. The maximum absolute atomic E-state index is 10.2. The maximum Gasteiger partial charge on any atom is 0.137 e. The van der Waals surface area contributed by atoms with Gasteiger partial charge < -0.3 is 9.84 Å². The van der Waals surface area contributed by atoms with E-state index in [0.717, 1.165) is 5.75 Å². The van der Waals surface area contributed by atoms with E-state index in [1.165, 1.54) is 11.3 Å². The molecule has 1 N–H and O–H groups in total. The van der Waals surface area contributed by atoms with Crippen LogP contribution in [0.25, 0.3) is 0 Å². The van der Waals surface area contributed by atoms with E-state index in [9.17, 15) is 5.11 Å². The molecule has 0 spiro atoms. The Morgan fingerprint density at radius 1 is 1.00 bits per heavy atom. The molecule has 0 aromatic heterocycles. The second-order valence-electron chi connectivity index (χ2n) is 5.98. The van der Waals surface area contributed by atoms with Crippen LogP contribution in [-0.4, -0.2) is 38.5 Å². The second kappa shape index (κ2) is 6.74. The van der Waals surface area contributed by atoms with Crippen molar-refractivity contribution in [2.45, 2.75) is 13.0 Å². The quantitative estimate of drug-likeness (QED) is 0.827. The molecule has 3 nitrogen and oxygen atoms in total. The number of quaternary nitrogens is 1. The Labute approximate surface area is 127 Å². The van der Waals surface area contributed by atoms with Crippen LogP contribution in [0, 0.1) is 6.92 Å². The van der Waals surface area contributed by atoms with Crippen LogP contribution in [0.3, 0.4) is 0 Å². The van der Waals surface area contributed by atoms with Crippen LogP contribution >= 0.6 is 0 Å². The van der Waals surface area contributed by atoms with Gasteiger partial charge in [-0.2, -0.15) is 0 Å². The van der Waals surface area contributed by atoms with Gasteiger partial charge in [0, 0.05) is 0 Å². The van der Waals surface area contributed by atoms with Crippen LogP contribution in [-0.2, 0) is 0 Å². The first-order valence-corrected chi connectivity index (χ1v) is 7.23. The van der Waals surface area contributed by atoms with E-state index in [2.05, 4.69) is 26.2 Å². The second-order valence-corrected chi connectivity index (χ2v) is 5.98. The summed E-state index contributed by atoms with van der Waals surface area (Å²) in [5.41, 5.74) is 2.37. The summed E-state index contributed by atoms with van der Waals surface area (Å²) in [6.07, 6.45) is -0.512. The van der Waals surface area contributed by atoms with Gasteiger partial charge in [0.25, 0.3) is 0 Å². The highest BCUT2D eigenvalue weighted by molar-refractivity contribution is 5.41. The maximum atomic E-state index is 10.2. The molecule has 2 aromatic rings. The Hall–Kier alpha value is -1.84. The summed E-state index contributed by atoms with van der Waals surface area (Å²) in [6.45, 7) is 2.95. The van der Waals surface area contributed by atoms with Crippen molar-refractivity contribution in [2.24, 2.45) is 0 Å². The average molecular weight is 286 g/mol. The molecular weight excluding hydrogens is 262 g/mol. The number of rotatable bonds is 6. The fourth-order valence-corrected chi connectivity index (χ4v) is 2.34. The van der Waals surface area contributed by atoms with E-state index in [-0.39, 0.29) is 0 Å². The summed E-state index contributed by atoms with van der Waals surface area (Å²) in [7, 11) is 4.18. The minimum absolute atomic E-state index is 0.303. The zero-order chi connectivity index (χ0) is 15.3. The number of benzene rings is 2. The van der Waals surface area contributed by atoms with Crippen LogP contribution in [0.5, 0.6) is 5.75 Å². The predicted molar refractivity (Wildman–Crippen MR) is 87.6 cm³/mol. The lowest BCUT2D eigenvalue weighted by Gasteiger charge is -2.31. The van der Waals surface area contributed by atoms with Crippen LogP contribution in [0.2, 0.25) is 0 Å². The number of para-hydroxylation sites is 1. The topological polar surface area (TPSA) is 29.5 Å². The molecule has 0 saturated carbocycles. The summed E-state index contributed by atoms with van der Waals surface area (Å²) < 4.78 is 6.27. The largest absolute Gasteiger partial charge is 0.491 e. The zero-order valence-electron chi connectivity index (χ0n) is 13.0. The van der Waals surface area contributed by atoms with Gasteiger partial charge in [0.1, 0.15) is 30.7 Å². The lowest BCUT2D eigenvalue weighted by molar-refractivity contribution is 0.0840. The molecular formula is C18H24NO2+. The highest BCUT2D eigenvalue weighted by Crippen LogP contribution is 2.19. The Balaban J connectivity index is 1.89. The summed E-state index contributed by atoms with van der Waals surface area (Å²) >= 11 is 0. The third kappa shape index (κ3) is 4.59.